The molecule has 0 heterocycles. The summed E-state index contributed by atoms with van der Waals surface area (Å²) in [4.78, 5) is 14.1. The maximum atomic E-state index is 2.40. The lowest BCUT2D eigenvalue weighted by Crippen LogP contribution is -2.30. The first-order valence-corrected chi connectivity index (χ1v) is 48.5. The third kappa shape index (κ3) is 20.4. The quantitative estimate of drug-likeness (QED) is 0.0669. The van der Waals surface area contributed by atoms with Crippen LogP contribution in [-0.2, 0) is 5.41 Å². The van der Waals surface area contributed by atoms with Crippen LogP contribution in [0.5, 0.6) is 0 Å². The minimum absolute atomic E-state index is 0.00636. The van der Waals surface area contributed by atoms with E-state index in [2.05, 4.69) is 572 Å². The van der Waals surface area contributed by atoms with Gasteiger partial charge in [0.15, 0.2) is 0 Å². The molecule has 0 saturated heterocycles. The van der Waals surface area contributed by atoms with Crippen molar-refractivity contribution in [1.82, 2.24) is 0 Å². The molecule has 20 aromatic carbocycles. The molecule has 138 heavy (non-hydrogen) atoms. The van der Waals surface area contributed by atoms with E-state index in [0.29, 0.717) is 0 Å². The molecule has 1 aliphatic rings. The van der Waals surface area contributed by atoms with Gasteiger partial charge in [0.05, 0.1) is 0 Å². The van der Waals surface area contributed by atoms with Gasteiger partial charge in [0, 0.05) is 108 Å². The van der Waals surface area contributed by atoms with Gasteiger partial charge in [-0.15, -0.1) is 0 Å². The molecule has 6 heteroatoms. The van der Waals surface area contributed by atoms with Crippen LogP contribution in [-0.4, -0.2) is 0 Å². The number of hydrogen-bond acceptors (Lipinski definition) is 6. The molecule has 21 rings (SSSR count). The fourth-order valence-corrected chi connectivity index (χ4v) is 19.9. The topological polar surface area (TPSA) is 19.4 Å². The summed E-state index contributed by atoms with van der Waals surface area (Å²) in [5.74, 6) is 0. The largest absolute Gasteiger partial charge is 0.311 e. The minimum Gasteiger partial charge on any atom is -0.311 e. The number of rotatable bonds is 22. The predicted molar refractivity (Wildman–Crippen MR) is 591 cm³/mol. The van der Waals surface area contributed by atoms with Crippen molar-refractivity contribution in [3.05, 3.63) is 540 Å². The molecule has 1 saturated carbocycles. The zero-order valence-corrected chi connectivity index (χ0v) is 80.8. The van der Waals surface area contributed by atoms with Gasteiger partial charge in [-0.05, 0) is 389 Å². The first-order valence-electron chi connectivity index (χ1n) is 48.5. The van der Waals surface area contributed by atoms with Crippen LogP contribution in [0.2, 0.25) is 0 Å². The van der Waals surface area contributed by atoms with Gasteiger partial charge >= 0.3 is 0 Å². The number of aryl methyl sites for hydroxylation is 10. The Morgan fingerprint density at radius 1 is 0.152 bits per heavy atom. The fraction of sp³-hybridized carbons (Fsp3) is 0.121. The van der Waals surface area contributed by atoms with E-state index < -0.39 is 0 Å². The Morgan fingerprint density at radius 2 is 0.370 bits per heavy atom. The van der Waals surface area contributed by atoms with E-state index in [0.717, 1.165) is 68.2 Å². The van der Waals surface area contributed by atoms with E-state index in [1.54, 1.807) is 0 Å². The third-order valence-corrected chi connectivity index (χ3v) is 27.1. The van der Waals surface area contributed by atoms with E-state index in [-0.39, 0.29) is 5.41 Å². The highest BCUT2D eigenvalue weighted by atomic mass is 15.2. The lowest BCUT2D eigenvalue weighted by molar-refractivity contribution is 0.346. The lowest BCUT2D eigenvalue weighted by Gasteiger charge is -2.39. The standard InChI is InChI=1S/C46H46N2.C44H32N2.C42H40N2/c1-34-8-20-40(21-9-34)47(41-22-10-35(2)11-23-41)44-28-16-38(17-29-44)46(32-6-5-7-33-46)39-18-30-45(31-19-39)48(42-24-12-36(3)13-25-42)43-26-14-37(4)15-27-43;1-3-15-39(16-4-1)45(43-29-23-33-11-7-9-13-37(33)31-43)41-25-19-35(20-26-41)36-21-27-42(28-22-36)46(40-17-5-2-6-18-40)44-30-24-34-12-8-10-14-38(34)32-44;1-29-11-7-15-35(23-29)43(36-16-8-12-30(2)24-36)39-19-21-41(33(5)27-39)42-22-20-40(28-34(42)6)44(37-17-9-13-31(3)25-37)38-18-10-14-32(4)26-38/h8-31H,5-7,32-33H2,1-4H3;1-32H;7-28H,1-6H3. The van der Waals surface area contributed by atoms with Crippen LogP contribution < -0.4 is 29.4 Å². The molecule has 0 N–H and O–H groups in total. The Kier molecular flexibility index (Phi) is 27.2. The van der Waals surface area contributed by atoms with Crippen molar-refractivity contribution in [3.8, 4) is 22.3 Å². The first-order chi connectivity index (χ1) is 67.5. The van der Waals surface area contributed by atoms with Crippen molar-refractivity contribution in [1.29, 1.82) is 0 Å². The highest BCUT2D eigenvalue weighted by Gasteiger charge is 2.36. The molecular weight excluding hydrogens is 1670 g/mol. The fourth-order valence-electron chi connectivity index (χ4n) is 19.9. The SMILES string of the molecule is Cc1ccc(N(c2ccc(C)cc2)c2ccc(C3(c4ccc(N(c5ccc(C)cc5)c5ccc(C)cc5)cc4)CCCCC3)cc2)cc1.Cc1cccc(N(c2cccc(C)c2)c2ccc(-c3ccc(N(c4cccc(C)c4)c4cccc(C)c4)cc3C)c(C)c2)c1.c1ccc(N(c2ccc(-c3ccc(N(c4ccccc4)c4ccc5ccccc5c4)cc3)cc2)c2ccc3ccccc3c2)cc1. The van der Waals surface area contributed by atoms with Gasteiger partial charge in [0.25, 0.3) is 0 Å². The molecule has 0 bridgehead atoms. The summed E-state index contributed by atoms with van der Waals surface area (Å²) in [5.41, 5.74) is 41.0. The molecule has 0 aliphatic heterocycles. The van der Waals surface area contributed by atoms with E-state index in [9.17, 15) is 0 Å². The van der Waals surface area contributed by atoms with Crippen molar-refractivity contribution in [2.45, 2.75) is 107 Å². The minimum atomic E-state index is 0.00636. The van der Waals surface area contributed by atoms with Crippen molar-refractivity contribution in [3.63, 3.8) is 0 Å². The second kappa shape index (κ2) is 41.3. The normalized spacial score (nSPS) is 12.0. The average Bonchev–Trinajstić information content (AvgIpc) is 0.764. The number of anilines is 18. The van der Waals surface area contributed by atoms with E-state index in [4.69, 9.17) is 0 Å². The monoisotopic (exact) mass is 1790 g/mol. The Hall–Kier alpha value is -16.3. The zero-order valence-electron chi connectivity index (χ0n) is 80.8. The Labute approximate surface area is 816 Å². The summed E-state index contributed by atoms with van der Waals surface area (Å²) in [6.45, 7) is 21.6. The van der Waals surface area contributed by atoms with Crippen LogP contribution in [0.15, 0.2) is 473 Å². The summed E-state index contributed by atoms with van der Waals surface area (Å²) in [6.07, 6.45) is 6.15. The maximum Gasteiger partial charge on any atom is 0.0468 e. The van der Waals surface area contributed by atoms with Gasteiger partial charge < -0.3 is 29.4 Å². The summed E-state index contributed by atoms with van der Waals surface area (Å²) in [6, 6.07) is 172. The van der Waals surface area contributed by atoms with E-state index in [1.165, 1.54) is 177 Å². The Balaban J connectivity index is 0.000000132. The number of nitrogens with zero attached hydrogens (tertiary/aromatic N) is 6. The zero-order chi connectivity index (χ0) is 94.6. The predicted octanol–water partition coefficient (Wildman–Crippen LogP) is 37.9. The summed E-state index contributed by atoms with van der Waals surface area (Å²) in [7, 11) is 0. The van der Waals surface area contributed by atoms with Crippen LogP contribution in [0.4, 0.5) is 102 Å². The molecule has 0 unspecified atom stereocenters. The average molecular weight is 1790 g/mol. The Bertz CT molecular complexity index is 6930. The molecule has 0 aromatic heterocycles. The van der Waals surface area contributed by atoms with Gasteiger partial charge in [-0.25, -0.2) is 0 Å². The van der Waals surface area contributed by atoms with Gasteiger partial charge in [-0.3, -0.25) is 0 Å². The smallest absolute Gasteiger partial charge is 0.0468 e. The van der Waals surface area contributed by atoms with Crippen LogP contribution in [0, 0.1) is 69.2 Å². The second-order valence-corrected chi connectivity index (χ2v) is 37.3. The van der Waals surface area contributed by atoms with Gasteiger partial charge in [0.1, 0.15) is 0 Å². The third-order valence-electron chi connectivity index (χ3n) is 27.1. The summed E-state index contributed by atoms with van der Waals surface area (Å²) >= 11 is 0. The number of hydrogen-bond donors (Lipinski definition) is 0. The summed E-state index contributed by atoms with van der Waals surface area (Å²) in [5, 5.41) is 4.94. The number of benzene rings is 20. The molecule has 20 aromatic rings. The highest BCUT2D eigenvalue weighted by molar-refractivity contribution is 5.93. The van der Waals surface area contributed by atoms with Gasteiger partial charge in [-0.2, -0.15) is 0 Å². The van der Waals surface area contributed by atoms with Crippen molar-refractivity contribution in [2.75, 3.05) is 29.4 Å². The van der Waals surface area contributed by atoms with Crippen LogP contribution >= 0.6 is 0 Å². The lowest BCUT2D eigenvalue weighted by atomic mass is 9.65. The second-order valence-electron chi connectivity index (χ2n) is 37.3. The molecule has 676 valence electrons. The number of para-hydroxylation sites is 2. The van der Waals surface area contributed by atoms with Gasteiger partial charge in [0.2, 0.25) is 0 Å². The molecule has 1 aliphatic carbocycles. The molecule has 0 radical (unpaired) electrons. The van der Waals surface area contributed by atoms with Crippen LogP contribution in [0.1, 0.15) is 98.9 Å². The number of fused-ring (bicyclic) bond motifs is 2. The highest BCUT2D eigenvalue weighted by Crippen LogP contribution is 2.50. The van der Waals surface area contributed by atoms with Crippen LogP contribution in [0.3, 0.4) is 0 Å². The molecule has 0 spiro atoms. The Morgan fingerprint density at radius 3 is 0.659 bits per heavy atom. The molecular formula is C132H118N6. The maximum absolute atomic E-state index is 2.40. The first kappa shape index (κ1) is 90.9. The van der Waals surface area contributed by atoms with E-state index in [1.807, 2.05) is 0 Å². The summed E-state index contributed by atoms with van der Waals surface area (Å²) < 4.78 is 0. The van der Waals surface area contributed by atoms with Crippen molar-refractivity contribution < 1.29 is 0 Å². The van der Waals surface area contributed by atoms with Crippen molar-refractivity contribution >= 4 is 124 Å². The molecule has 6 nitrogen and oxygen atoms in total. The molecule has 0 amide bonds. The van der Waals surface area contributed by atoms with Crippen molar-refractivity contribution in [2.24, 2.45) is 0 Å². The van der Waals surface area contributed by atoms with Crippen LogP contribution in [0.25, 0.3) is 43.8 Å². The molecule has 1 fully saturated rings. The van der Waals surface area contributed by atoms with Gasteiger partial charge in [-0.1, -0.05) is 296 Å². The molecule has 0 atom stereocenters. The van der Waals surface area contributed by atoms with E-state index >= 15 is 0 Å².